The minimum absolute atomic E-state index is 0.0987. The number of carbonyl (C=O) groups is 1. The lowest BCUT2D eigenvalue weighted by molar-refractivity contribution is 0.0694. The number of alkyl halides is 1. The Hall–Kier alpha value is -2.31. The van der Waals surface area contributed by atoms with Crippen molar-refractivity contribution in [1.82, 2.24) is 9.55 Å². The number of aromatic nitrogens is 2. The van der Waals surface area contributed by atoms with Gasteiger partial charge in [-0.1, -0.05) is 0 Å². The minimum atomic E-state index is -1.43. The molecule has 1 N–H and O–H groups in total. The molecule has 0 aromatic carbocycles. The molecule has 1 aliphatic rings. The van der Waals surface area contributed by atoms with Gasteiger partial charge in [0, 0.05) is 12.6 Å². The molecule has 0 bridgehead atoms. The number of hydrogen-bond acceptors (Lipinski definition) is 3. The molecule has 19 heavy (non-hydrogen) atoms. The zero-order valence-corrected chi connectivity index (χ0v) is 9.51. The maximum absolute atomic E-state index is 13.2. The second-order valence-corrected chi connectivity index (χ2v) is 4.43. The van der Waals surface area contributed by atoms with E-state index in [9.17, 15) is 18.4 Å². The molecule has 2 aromatic rings. The summed E-state index contributed by atoms with van der Waals surface area (Å²) in [6.07, 6.45) is 1.12. The van der Waals surface area contributed by atoms with Gasteiger partial charge in [-0.05, 0) is 6.07 Å². The van der Waals surface area contributed by atoms with Crippen LogP contribution in [0.1, 0.15) is 22.8 Å². The van der Waals surface area contributed by atoms with Gasteiger partial charge < -0.3 is 9.67 Å². The van der Waals surface area contributed by atoms with Crippen molar-refractivity contribution in [3.05, 3.63) is 40.1 Å². The van der Waals surface area contributed by atoms with Crippen molar-refractivity contribution in [3.8, 4) is 0 Å². The summed E-state index contributed by atoms with van der Waals surface area (Å²) in [4.78, 5) is 26.7. The van der Waals surface area contributed by atoms with Gasteiger partial charge in [0.05, 0.1) is 17.6 Å². The van der Waals surface area contributed by atoms with Gasteiger partial charge in [0.1, 0.15) is 23.2 Å². The molecule has 1 aliphatic carbocycles. The number of carboxylic acids is 1. The van der Waals surface area contributed by atoms with Crippen molar-refractivity contribution in [2.24, 2.45) is 0 Å². The fourth-order valence-corrected chi connectivity index (χ4v) is 2.05. The summed E-state index contributed by atoms with van der Waals surface area (Å²) in [5.41, 5.74) is -1.23. The fraction of sp³-hybridized carbons (Fsp3) is 0.250. The van der Waals surface area contributed by atoms with E-state index in [2.05, 4.69) is 4.98 Å². The lowest BCUT2D eigenvalue weighted by Gasteiger charge is -2.10. The molecule has 7 heteroatoms. The van der Waals surface area contributed by atoms with E-state index >= 15 is 0 Å². The number of carboxylic acid groups (broad SMARTS) is 1. The smallest absolute Gasteiger partial charge is 0.341 e. The van der Waals surface area contributed by atoms with Crippen LogP contribution in [0.4, 0.5) is 8.78 Å². The monoisotopic (exact) mass is 266 g/mol. The highest BCUT2D eigenvalue weighted by atomic mass is 19.1. The number of rotatable bonds is 2. The summed E-state index contributed by atoms with van der Waals surface area (Å²) >= 11 is 0. The third-order valence-corrected chi connectivity index (χ3v) is 3.10. The van der Waals surface area contributed by atoms with E-state index in [0.717, 1.165) is 18.5 Å². The van der Waals surface area contributed by atoms with Crippen molar-refractivity contribution >= 4 is 17.0 Å². The summed E-state index contributed by atoms with van der Waals surface area (Å²) in [5, 5.41) is 8.81. The molecular weight excluding hydrogens is 258 g/mol. The first-order valence-electron chi connectivity index (χ1n) is 5.57. The van der Waals surface area contributed by atoms with E-state index in [-0.39, 0.29) is 17.5 Å². The van der Waals surface area contributed by atoms with Gasteiger partial charge >= 0.3 is 5.97 Å². The Morgan fingerprint density at radius 1 is 1.53 bits per heavy atom. The van der Waals surface area contributed by atoms with Gasteiger partial charge in [0.15, 0.2) is 0 Å². The Morgan fingerprint density at radius 2 is 2.21 bits per heavy atom. The molecular formula is C12H8F2N2O3. The number of nitrogens with zero attached hydrogens (tertiary/aromatic N) is 2. The van der Waals surface area contributed by atoms with Gasteiger partial charge in [-0.3, -0.25) is 4.79 Å². The van der Waals surface area contributed by atoms with Crippen molar-refractivity contribution < 1.29 is 18.7 Å². The van der Waals surface area contributed by atoms with E-state index in [1.807, 2.05) is 0 Å². The van der Waals surface area contributed by atoms with E-state index < -0.39 is 35.0 Å². The van der Waals surface area contributed by atoms with Crippen molar-refractivity contribution in [3.63, 3.8) is 0 Å². The first-order valence-corrected chi connectivity index (χ1v) is 5.57. The van der Waals surface area contributed by atoms with E-state index in [4.69, 9.17) is 5.11 Å². The van der Waals surface area contributed by atoms with Crippen LogP contribution in [0.2, 0.25) is 0 Å². The van der Waals surface area contributed by atoms with Crippen LogP contribution in [0.25, 0.3) is 11.0 Å². The highest BCUT2D eigenvalue weighted by Crippen LogP contribution is 2.40. The first-order chi connectivity index (χ1) is 8.99. The van der Waals surface area contributed by atoms with Gasteiger partial charge in [-0.15, -0.1) is 0 Å². The van der Waals surface area contributed by atoms with Crippen molar-refractivity contribution in [2.75, 3.05) is 0 Å². The summed E-state index contributed by atoms with van der Waals surface area (Å²) < 4.78 is 27.6. The average molecular weight is 266 g/mol. The normalized spacial score (nSPS) is 21.6. The van der Waals surface area contributed by atoms with Gasteiger partial charge in [0.25, 0.3) is 0 Å². The highest BCUT2D eigenvalue weighted by molar-refractivity contribution is 5.91. The molecule has 98 valence electrons. The second kappa shape index (κ2) is 3.84. The SMILES string of the molecule is O=C(O)c1cn([C@H]2C[C@@H]2F)c2ncc(F)cc2c1=O. The molecule has 1 fully saturated rings. The maximum atomic E-state index is 13.2. The van der Waals surface area contributed by atoms with Crippen molar-refractivity contribution in [1.29, 1.82) is 0 Å². The Bertz CT molecular complexity index is 756. The standard InChI is InChI=1S/C12H8F2N2O3/c13-5-1-6-10(17)7(12(18)19)4-16(9-2-8(9)14)11(6)15-3-5/h1,3-4,8-9H,2H2,(H,18,19)/t8-,9-/m0/s1. The summed E-state index contributed by atoms with van der Waals surface area (Å²) in [6, 6.07) is 0.377. The van der Waals surface area contributed by atoms with Crippen LogP contribution in [0, 0.1) is 5.82 Å². The van der Waals surface area contributed by atoms with Crippen LogP contribution in [0.5, 0.6) is 0 Å². The van der Waals surface area contributed by atoms with Crippen LogP contribution >= 0.6 is 0 Å². The number of aromatic carboxylic acids is 1. The molecule has 2 atom stereocenters. The first kappa shape index (κ1) is 11.8. The quantitative estimate of drug-likeness (QED) is 0.894. The predicted octanol–water partition coefficient (Wildman–Crippen LogP) is 1.52. The predicted molar refractivity (Wildman–Crippen MR) is 61.5 cm³/mol. The molecule has 0 spiro atoms. The average Bonchev–Trinajstić information content (AvgIpc) is 3.07. The van der Waals surface area contributed by atoms with E-state index in [1.54, 1.807) is 0 Å². The lowest BCUT2D eigenvalue weighted by Crippen LogP contribution is -2.19. The van der Waals surface area contributed by atoms with Gasteiger partial charge in [-0.25, -0.2) is 18.6 Å². The molecule has 0 unspecified atom stereocenters. The zero-order valence-electron chi connectivity index (χ0n) is 9.51. The van der Waals surface area contributed by atoms with Gasteiger partial charge in [0.2, 0.25) is 5.43 Å². The summed E-state index contributed by atoms with van der Waals surface area (Å²) in [6.45, 7) is 0. The molecule has 2 heterocycles. The molecule has 3 rings (SSSR count). The maximum Gasteiger partial charge on any atom is 0.341 e. The summed E-state index contributed by atoms with van der Waals surface area (Å²) in [7, 11) is 0. The molecule has 0 aliphatic heterocycles. The topological polar surface area (TPSA) is 72.2 Å². The highest BCUT2D eigenvalue weighted by Gasteiger charge is 2.40. The Balaban J connectivity index is 2.39. The minimum Gasteiger partial charge on any atom is -0.477 e. The molecule has 0 amide bonds. The van der Waals surface area contributed by atoms with Gasteiger partial charge in [-0.2, -0.15) is 0 Å². The molecule has 5 nitrogen and oxygen atoms in total. The molecule has 1 saturated carbocycles. The van der Waals surface area contributed by atoms with Crippen LogP contribution in [-0.4, -0.2) is 26.8 Å². The Morgan fingerprint density at radius 3 is 2.79 bits per heavy atom. The molecule has 2 aromatic heterocycles. The number of hydrogen-bond donors (Lipinski definition) is 1. The second-order valence-electron chi connectivity index (χ2n) is 4.43. The Labute approximate surface area is 105 Å². The summed E-state index contributed by atoms with van der Waals surface area (Å²) in [5.74, 6) is -2.17. The van der Waals surface area contributed by atoms with Crippen LogP contribution in [0.15, 0.2) is 23.3 Å². The van der Waals surface area contributed by atoms with E-state index in [0.29, 0.717) is 0 Å². The van der Waals surface area contributed by atoms with E-state index in [1.165, 1.54) is 4.57 Å². The van der Waals surface area contributed by atoms with Crippen molar-refractivity contribution in [2.45, 2.75) is 18.6 Å². The number of fused-ring (bicyclic) bond motifs is 1. The van der Waals surface area contributed by atoms with Crippen LogP contribution in [0.3, 0.4) is 0 Å². The zero-order chi connectivity index (χ0) is 13.7. The number of halogens is 2. The third-order valence-electron chi connectivity index (χ3n) is 3.10. The molecule has 0 saturated heterocycles. The molecule has 0 radical (unpaired) electrons. The van der Waals surface area contributed by atoms with Crippen LogP contribution in [-0.2, 0) is 0 Å². The lowest BCUT2D eigenvalue weighted by atomic mass is 10.2. The fourth-order valence-electron chi connectivity index (χ4n) is 2.05. The largest absolute Gasteiger partial charge is 0.477 e. The van der Waals surface area contributed by atoms with Crippen LogP contribution < -0.4 is 5.43 Å². The third kappa shape index (κ3) is 1.78. The number of pyridine rings is 2. The Kier molecular flexibility index (Phi) is 2.38.